The molecule has 0 bridgehead atoms. The van der Waals surface area contributed by atoms with E-state index in [9.17, 15) is 0 Å². The monoisotopic (exact) mass is 226 g/mol. The Labute approximate surface area is 102 Å². The van der Waals surface area contributed by atoms with Crippen molar-refractivity contribution in [1.82, 2.24) is 0 Å². The quantitative estimate of drug-likeness (QED) is 0.532. The lowest BCUT2D eigenvalue weighted by Crippen LogP contribution is -2.11. The summed E-state index contributed by atoms with van der Waals surface area (Å²) in [7, 11) is 0. The van der Waals surface area contributed by atoms with Crippen molar-refractivity contribution >= 4 is 0 Å². The summed E-state index contributed by atoms with van der Waals surface area (Å²) >= 11 is 0. The van der Waals surface area contributed by atoms with Crippen LogP contribution in [0.15, 0.2) is 0 Å². The molecule has 1 rings (SSSR count). The fourth-order valence-electron chi connectivity index (χ4n) is 2.71. The largest absolute Gasteiger partial charge is 0.379 e. The summed E-state index contributed by atoms with van der Waals surface area (Å²) in [5.41, 5.74) is 0. The van der Waals surface area contributed by atoms with Gasteiger partial charge in [0.25, 0.3) is 0 Å². The third-order valence-corrected chi connectivity index (χ3v) is 3.85. The van der Waals surface area contributed by atoms with E-state index in [2.05, 4.69) is 13.8 Å². The molecule has 1 unspecified atom stereocenters. The predicted molar refractivity (Wildman–Crippen MR) is 70.7 cm³/mol. The van der Waals surface area contributed by atoms with Gasteiger partial charge in [0.05, 0.1) is 6.10 Å². The smallest absolute Gasteiger partial charge is 0.0547 e. The lowest BCUT2D eigenvalue weighted by atomic mass is 9.86. The van der Waals surface area contributed by atoms with Gasteiger partial charge >= 0.3 is 0 Å². The molecule has 0 spiro atoms. The van der Waals surface area contributed by atoms with Crippen LogP contribution >= 0.6 is 0 Å². The number of rotatable bonds is 8. The molecule has 0 saturated heterocycles. The van der Waals surface area contributed by atoms with Crippen LogP contribution in [0.4, 0.5) is 0 Å². The van der Waals surface area contributed by atoms with Crippen LogP contribution in [-0.4, -0.2) is 12.7 Å². The summed E-state index contributed by atoms with van der Waals surface area (Å²) in [6.07, 6.45) is 14.4. The molecule has 0 aromatic carbocycles. The van der Waals surface area contributed by atoms with Crippen LogP contribution in [0, 0.1) is 5.92 Å². The Bertz CT molecular complexity index is 150. The zero-order valence-corrected chi connectivity index (χ0v) is 11.3. The van der Waals surface area contributed by atoms with E-state index in [0.29, 0.717) is 6.10 Å². The Hall–Kier alpha value is -0.0400. The Kier molecular flexibility index (Phi) is 7.92. The van der Waals surface area contributed by atoms with Crippen LogP contribution in [0.25, 0.3) is 0 Å². The van der Waals surface area contributed by atoms with Gasteiger partial charge in [-0.15, -0.1) is 0 Å². The first-order chi connectivity index (χ1) is 7.83. The van der Waals surface area contributed by atoms with Crippen molar-refractivity contribution in [3.05, 3.63) is 0 Å². The van der Waals surface area contributed by atoms with Gasteiger partial charge in [-0.05, 0) is 32.1 Å². The Morgan fingerprint density at radius 1 is 1.12 bits per heavy atom. The van der Waals surface area contributed by atoms with Crippen molar-refractivity contribution < 1.29 is 4.74 Å². The molecule has 0 amide bonds. The second kappa shape index (κ2) is 9.04. The van der Waals surface area contributed by atoms with E-state index in [1.807, 2.05) is 0 Å². The minimum absolute atomic E-state index is 0.478. The van der Waals surface area contributed by atoms with E-state index < -0.39 is 0 Å². The molecule has 0 N–H and O–H groups in total. The normalized spacial score (nSPS) is 19.9. The van der Waals surface area contributed by atoms with Gasteiger partial charge < -0.3 is 4.74 Å². The topological polar surface area (TPSA) is 9.23 Å². The fourth-order valence-corrected chi connectivity index (χ4v) is 2.71. The lowest BCUT2D eigenvalue weighted by Gasteiger charge is -2.21. The summed E-state index contributed by atoms with van der Waals surface area (Å²) in [5.74, 6) is 1.02. The summed E-state index contributed by atoms with van der Waals surface area (Å²) in [4.78, 5) is 0. The molecule has 0 aromatic rings. The highest BCUT2D eigenvalue weighted by atomic mass is 16.5. The second-order valence-electron chi connectivity index (χ2n) is 5.47. The van der Waals surface area contributed by atoms with Gasteiger partial charge in [0.15, 0.2) is 0 Å². The first-order valence-corrected chi connectivity index (χ1v) is 7.44. The van der Waals surface area contributed by atoms with Crippen molar-refractivity contribution in [2.24, 2.45) is 5.92 Å². The molecule has 1 nitrogen and oxygen atoms in total. The highest BCUT2D eigenvalue weighted by Crippen LogP contribution is 2.27. The molecule has 1 heteroatoms. The number of ether oxygens (including phenoxy) is 1. The zero-order valence-electron chi connectivity index (χ0n) is 11.3. The van der Waals surface area contributed by atoms with Gasteiger partial charge in [0.1, 0.15) is 0 Å². The average Bonchev–Trinajstić information content (AvgIpc) is 2.33. The molecule has 0 radical (unpaired) electrons. The molecule has 1 aliphatic carbocycles. The third-order valence-electron chi connectivity index (χ3n) is 3.85. The van der Waals surface area contributed by atoms with Crippen LogP contribution in [0.2, 0.25) is 0 Å². The molecule has 1 saturated carbocycles. The molecule has 1 atom stereocenters. The fraction of sp³-hybridized carbons (Fsp3) is 1.00. The summed E-state index contributed by atoms with van der Waals surface area (Å²) in [5, 5.41) is 0. The van der Waals surface area contributed by atoms with Crippen molar-refractivity contribution in [3.8, 4) is 0 Å². The SMILES string of the molecule is CCCCC(C)OCCCC1CCCCC1. The Balaban J connectivity index is 1.90. The molecule has 0 heterocycles. The number of hydrogen-bond donors (Lipinski definition) is 0. The second-order valence-corrected chi connectivity index (χ2v) is 5.47. The highest BCUT2D eigenvalue weighted by molar-refractivity contribution is 4.65. The third kappa shape index (κ3) is 6.52. The zero-order chi connectivity index (χ0) is 11.6. The molecule has 1 fully saturated rings. The van der Waals surface area contributed by atoms with Gasteiger partial charge in [0.2, 0.25) is 0 Å². The minimum atomic E-state index is 0.478. The van der Waals surface area contributed by atoms with Gasteiger partial charge in [-0.25, -0.2) is 0 Å². The molecule has 0 aliphatic heterocycles. The summed E-state index contributed by atoms with van der Waals surface area (Å²) < 4.78 is 5.84. The summed E-state index contributed by atoms with van der Waals surface area (Å²) in [6.45, 7) is 5.45. The minimum Gasteiger partial charge on any atom is -0.379 e. The average molecular weight is 226 g/mol. The molecular formula is C15H30O. The van der Waals surface area contributed by atoms with E-state index >= 15 is 0 Å². The van der Waals surface area contributed by atoms with E-state index in [4.69, 9.17) is 4.74 Å². The van der Waals surface area contributed by atoms with Gasteiger partial charge in [0, 0.05) is 6.61 Å². The van der Waals surface area contributed by atoms with Crippen LogP contribution in [0.5, 0.6) is 0 Å². The maximum Gasteiger partial charge on any atom is 0.0547 e. The van der Waals surface area contributed by atoms with Gasteiger partial charge in [-0.2, -0.15) is 0 Å². The maximum atomic E-state index is 5.84. The molecule has 16 heavy (non-hydrogen) atoms. The van der Waals surface area contributed by atoms with Gasteiger partial charge in [-0.1, -0.05) is 51.9 Å². The van der Waals surface area contributed by atoms with Crippen molar-refractivity contribution in [1.29, 1.82) is 0 Å². The molecular weight excluding hydrogens is 196 g/mol. The molecule has 96 valence electrons. The Morgan fingerprint density at radius 3 is 2.56 bits per heavy atom. The number of unbranched alkanes of at least 4 members (excludes halogenated alkanes) is 1. The van der Waals surface area contributed by atoms with Crippen LogP contribution in [0.3, 0.4) is 0 Å². The van der Waals surface area contributed by atoms with Crippen LogP contribution in [-0.2, 0) is 4.74 Å². The van der Waals surface area contributed by atoms with E-state index in [0.717, 1.165) is 12.5 Å². The van der Waals surface area contributed by atoms with Crippen molar-refractivity contribution in [3.63, 3.8) is 0 Å². The van der Waals surface area contributed by atoms with Crippen molar-refractivity contribution in [2.45, 2.75) is 84.2 Å². The first kappa shape index (κ1) is 14.0. The van der Waals surface area contributed by atoms with E-state index in [1.165, 1.54) is 64.2 Å². The first-order valence-electron chi connectivity index (χ1n) is 7.44. The number of hydrogen-bond acceptors (Lipinski definition) is 1. The lowest BCUT2D eigenvalue weighted by molar-refractivity contribution is 0.0534. The summed E-state index contributed by atoms with van der Waals surface area (Å²) in [6, 6.07) is 0. The van der Waals surface area contributed by atoms with E-state index in [1.54, 1.807) is 0 Å². The standard InChI is InChI=1S/C15H30O/c1-3-4-9-14(2)16-13-8-12-15-10-6-5-7-11-15/h14-15H,3-13H2,1-2H3. The van der Waals surface area contributed by atoms with Gasteiger partial charge in [-0.3, -0.25) is 0 Å². The highest BCUT2D eigenvalue weighted by Gasteiger charge is 2.12. The van der Waals surface area contributed by atoms with Crippen LogP contribution < -0.4 is 0 Å². The van der Waals surface area contributed by atoms with Crippen molar-refractivity contribution in [2.75, 3.05) is 6.61 Å². The predicted octanol–water partition coefficient (Wildman–Crippen LogP) is 4.94. The maximum absolute atomic E-state index is 5.84. The van der Waals surface area contributed by atoms with E-state index in [-0.39, 0.29) is 0 Å². The van der Waals surface area contributed by atoms with Crippen LogP contribution in [0.1, 0.15) is 78.1 Å². The molecule has 1 aliphatic rings. The Morgan fingerprint density at radius 2 is 1.88 bits per heavy atom. The molecule has 0 aromatic heterocycles.